The van der Waals surface area contributed by atoms with Gasteiger partial charge in [0.2, 0.25) is 0 Å². The zero-order valence-corrected chi connectivity index (χ0v) is 12.8. The first-order chi connectivity index (χ1) is 9.84. The first-order valence-electron chi connectivity index (χ1n) is 6.29. The Morgan fingerprint density at radius 3 is 2.67 bits per heavy atom. The van der Waals surface area contributed by atoms with E-state index in [9.17, 15) is 8.42 Å². The van der Waals surface area contributed by atoms with E-state index in [4.69, 9.17) is 9.88 Å². The van der Waals surface area contributed by atoms with Crippen molar-refractivity contribution in [2.45, 2.75) is 25.5 Å². The van der Waals surface area contributed by atoms with Crippen molar-refractivity contribution in [3.8, 4) is 17.1 Å². The normalized spacial score (nSPS) is 11.9. The molecule has 2 aromatic heterocycles. The fourth-order valence-corrected chi connectivity index (χ4v) is 2.58. The predicted octanol–water partition coefficient (Wildman–Crippen LogP) is 0.652. The van der Waals surface area contributed by atoms with Crippen LogP contribution in [0.1, 0.15) is 13.8 Å². The van der Waals surface area contributed by atoms with Crippen molar-refractivity contribution in [3.05, 3.63) is 18.5 Å². The molecular weight excluding hydrogens is 294 g/mol. The highest BCUT2D eigenvalue weighted by molar-refractivity contribution is 7.89. The van der Waals surface area contributed by atoms with Crippen LogP contribution in [0.15, 0.2) is 23.6 Å². The van der Waals surface area contributed by atoms with Gasteiger partial charge in [-0.15, -0.1) is 10.2 Å². The van der Waals surface area contributed by atoms with E-state index in [0.29, 0.717) is 23.7 Å². The zero-order valence-electron chi connectivity index (χ0n) is 12.0. The van der Waals surface area contributed by atoms with E-state index in [1.165, 1.54) is 17.9 Å². The molecule has 0 aliphatic rings. The van der Waals surface area contributed by atoms with Crippen LogP contribution in [0, 0.1) is 5.92 Å². The van der Waals surface area contributed by atoms with Crippen LogP contribution in [-0.2, 0) is 16.6 Å². The maximum Gasteiger partial charge on any atom is 0.273 e. The molecular formula is C12H17N5O3S. The van der Waals surface area contributed by atoms with Gasteiger partial charge in [0.05, 0.1) is 18.9 Å². The van der Waals surface area contributed by atoms with Crippen molar-refractivity contribution in [3.63, 3.8) is 0 Å². The van der Waals surface area contributed by atoms with E-state index in [1.54, 1.807) is 12.3 Å². The highest BCUT2D eigenvalue weighted by Gasteiger charge is 2.24. The summed E-state index contributed by atoms with van der Waals surface area (Å²) in [6.07, 6.45) is 3.10. The van der Waals surface area contributed by atoms with Gasteiger partial charge in [0.15, 0.2) is 5.82 Å². The van der Waals surface area contributed by atoms with Gasteiger partial charge in [-0.25, -0.2) is 13.6 Å². The van der Waals surface area contributed by atoms with E-state index in [2.05, 4.69) is 15.2 Å². The highest BCUT2D eigenvalue weighted by atomic mass is 32.2. The van der Waals surface area contributed by atoms with E-state index in [0.717, 1.165) is 0 Å². The van der Waals surface area contributed by atoms with Gasteiger partial charge in [-0.2, -0.15) is 0 Å². The van der Waals surface area contributed by atoms with Gasteiger partial charge in [0.25, 0.3) is 15.2 Å². The Kier molecular flexibility index (Phi) is 4.24. The minimum Gasteiger partial charge on any atom is -0.494 e. The lowest BCUT2D eigenvalue weighted by Crippen LogP contribution is -2.20. The summed E-state index contributed by atoms with van der Waals surface area (Å²) in [5.41, 5.74) is 0.607. The lowest BCUT2D eigenvalue weighted by molar-refractivity contribution is 0.413. The molecule has 0 aliphatic carbocycles. The number of nitrogens with two attached hydrogens (primary N) is 1. The molecule has 2 N–H and O–H groups in total. The molecule has 2 heterocycles. The molecule has 0 fully saturated rings. The third-order valence-corrected chi connectivity index (χ3v) is 3.58. The molecule has 0 aromatic carbocycles. The molecule has 8 nitrogen and oxygen atoms in total. The largest absolute Gasteiger partial charge is 0.494 e. The monoisotopic (exact) mass is 311 g/mol. The third-order valence-electron chi connectivity index (χ3n) is 2.76. The average molecular weight is 311 g/mol. The lowest BCUT2D eigenvalue weighted by Gasteiger charge is -2.13. The van der Waals surface area contributed by atoms with Gasteiger partial charge < -0.3 is 4.74 Å². The molecule has 0 spiro atoms. The van der Waals surface area contributed by atoms with Crippen LogP contribution in [-0.4, -0.2) is 35.3 Å². The Labute approximate surface area is 123 Å². The summed E-state index contributed by atoms with van der Waals surface area (Å²) >= 11 is 0. The molecule has 0 aliphatic heterocycles. The number of hydrogen-bond acceptors (Lipinski definition) is 6. The van der Waals surface area contributed by atoms with E-state index in [-0.39, 0.29) is 11.1 Å². The minimum absolute atomic E-state index is 0.188. The second-order valence-corrected chi connectivity index (χ2v) is 6.39. The van der Waals surface area contributed by atoms with Crippen LogP contribution >= 0.6 is 0 Å². The van der Waals surface area contributed by atoms with E-state index in [1.807, 2.05) is 13.8 Å². The van der Waals surface area contributed by atoms with Crippen molar-refractivity contribution >= 4 is 10.0 Å². The zero-order chi connectivity index (χ0) is 15.6. The molecule has 2 rings (SSSR count). The number of hydrogen-bond donors (Lipinski definition) is 1. The highest BCUT2D eigenvalue weighted by Crippen LogP contribution is 2.29. The Hall–Kier alpha value is -2.00. The van der Waals surface area contributed by atoms with Crippen molar-refractivity contribution in [2.24, 2.45) is 11.1 Å². The molecule has 0 unspecified atom stereocenters. The standard InChI is InChI=1S/C12H17N5O3S/c1-8(2)7-17-11(15-16-12(17)21(13,18)19)9-4-5-14-6-10(9)20-3/h4-6,8H,7H2,1-3H3,(H2,13,18,19). The van der Waals surface area contributed by atoms with Crippen LogP contribution in [0.25, 0.3) is 11.4 Å². The molecule has 0 bridgehead atoms. The van der Waals surface area contributed by atoms with E-state index >= 15 is 0 Å². The summed E-state index contributed by atoms with van der Waals surface area (Å²) in [5.74, 6) is 1.05. The number of rotatable bonds is 5. The average Bonchev–Trinajstić information content (AvgIpc) is 2.81. The lowest BCUT2D eigenvalue weighted by atomic mass is 10.2. The van der Waals surface area contributed by atoms with Gasteiger partial charge in [-0.3, -0.25) is 9.55 Å². The number of sulfonamides is 1. The predicted molar refractivity (Wildman–Crippen MR) is 76.0 cm³/mol. The Balaban J connectivity index is 2.67. The van der Waals surface area contributed by atoms with Crippen molar-refractivity contribution < 1.29 is 13.2 Å². The number of ether oxygens (including phenoxy) is 1. The van der Waals surface area contributed by atoms with Crippen LogP contribution in [0.3, 0.4) is 0 Å². The van der Waals surface area contributed by atoms with Crippen LogP contribution in [0.2, 0.25) is 0 Å². The second-order valence-electron chi connectivity index (χ2n) is 4.93. The van der Waals surface area contributed by atoms with Gasteiger partial charge >= 0.3 is 0 Å². The first-order valence-corrected chi connectivity index (χ1v) is 7.83. The van der Waals surface area contributed by atoms with Gasteiger partial charge in [-0.05, 0) is 12.0 Å². The number of aromatic nitrogens is 4. The second kappa shape index (κ2) is 5.78. The van der Waals surface area contributed by atoms with Gasteiger partial charge in [0, 0.05) is 12.7 Å². The summed E-state index contributed by atoms with van der Waals surface area (Å²) in [6, 6.07) is 1.69. The number of methoxy groups -OCH3 is 1. The fourth-order valence-electron chi connectivity index (χ4n) is 1.96. The Morgan fingerprint density at radius 1 is 1.38 bits per heavy atom. The minimum atomic E-state index is -3.95. The summed E-state index contributed by atoms with van der Waals surface area (Å²) in [6.45, 7) is 4.33. The maximum atomic E-state index is 11.6. The first kappa shape index (κ1) is 15.4. The van der Waals surface area contributed by atoms with Crippen molar-refractivity contribution in [2.75, 3.05) is 7.11 Å². The molecule has 2 aromatic rings. The van der Waals surface area contributed by atoms with Crippen LogP contribution in [0.4, 0.5) is 0 Å². The topological polar surface area (TPSA) is 113 Å². The molecule has 0 amide bonds. The van der Waals surface area contributed by atoms with Crippen molar-refractivity contribution in [1.29, 1.82) is 0 Å². The van der Waals surface area contributed by atoms with Gasteiger partial charge in [0.1, 0.15) is 5.75 Å². The Bertz CT molecular complexity index is 739. The van der Waals surface area contributed by atoms with E-state index < -0.39 is 10.0 Å². The molecule has 9 heteroatoms. The third kappa shape index (κ3) is 3.19. The number of pyridine rings is 1. The molecule has 0 saturated heterocycles. The quantitative estimate of drug-likeness (QED) is 0.867. The SMILES string of the molecule is COc1cnccc1-c1nnc(S(N)(=O)=O)n1CC(C)C. The fraction of sp³-hybridized carbons (Fsp3) is 0.417. The van der Waals surface area contributed by atoms with Gasteiger partial charge in [-0.1, -0.05) is 13.8 Å². The molecule has 0 radical (unpaired) electrons. The van der Waals surface area contributed by atoms with Crippen molar-refractivity contribution in [1.82, 2.24) is 19.7 Å². The van der Waals surface area contributed by atoms with Crippen LogP contribution < -0.4 is 9.88 Å². The maximum absolute atomic E-state index is 11.6. The molecule has 114 valence electrons. The smallest absolute Gasteiger partial charge is 0.273 e. The molecule has 21 heavy (non-hydrogen) atoms. The molecule has 0 saturated carbocycles. The molecule has 0 atom stereocenters. The summed E-state index contributed by atoms with van der Waals surface area (Å²) in [4.78, 5) is 3.96. The summed E-state index contributed by atoms with van der Waals surface area (Å²) < 4.78 is 30.0. The number of nitrogens with zero attached hydrogens (tertiary/aromatic N) is 4. The summed E-state index contributed by atoms with van der Waals surface area (Å²) in [7, 11) is -2.45. The Morgan fingerprint density at radius 2 is 2.10 bits per heavy atom. The van der Waals surface area contributed by atoms with Crippen LogP contribution in [0.5, 0.6) is 5.75 Å². The summed E-state index contributed by atoms with van der Waals surface area (Å²) in [5, 5.41) is 12.6. The number of primary sulfonamides is 1.